The second-order valence-corrected chi connectivity index (χ2v) is 8.59. The molecule has 1 heterocycles. The summed E-state index contributed by atoms with van der Waals surface area (Å²) < 4.78 is 10.8. The molecular formula is C23H37ClN2O7. The molecule has 0 aliphatic rings. The van der Waals surface area contributed by atoms with Crippen LogP contribution in [0.15, 0.2) is 16.5 Å². The average molecular weight is 489 g/mol. The van der Waals surface area contributed by atoms with Crippen LogP contribution in [-0.4, -0.2) is 40.3 Å². The number of carbonyl (C=O) groups is 3. The normalized spacial score (nSPS) is 13.8. The monoisotopic (exact) mass is 488 g/mol. The number of carbonyl (C=O) groups excluding carboxylic acids is 1. The molecule has 0 aliphatic heterocycles. The van der Waals surface area contributed by atoms with Gasteiger partial charge < -0.3 is 30.4 Å². The van der Waals surface area contributed by atoms with Gasteiger partial charge in [0.15, 0.2) is 11.3 Å². The second kappa shape index (κ2) is 16.4. The highest BCUT2D eigenvalue weighted by Crippen LogP contribution is 2.28. The van der Waals surface area contributed by atoms with Crippen molar-refractivity contribution in [1.29, 1.82) is 0 Å². The van der Waals surface area contributed by atoms with Crippen LogP contribution in [0.1, 0.15) is 95.8 Å². The minimum atomic E-state index is -1.50. The van der Waals surface area contributed by atoms with Gasteiger partial charge in [-0.2, -0.15) is 0 Å². The van der Waals surface area contributed by atoms with E-state index < -0.39 is 42.6 Å². The van der Waals surface area contributed by atoms with E-state index in [0.717, 1.165) is 25.7 Å². The highest BCUT2D eigenvalue weighted by atomic mass is 35.5. The third kappa shape index (κ3) is 12.5. The molecule has 0 aliphatic carbocycles. The van der Waals surface area contributed by atoms with Gasteiger partial charge in [-0.25, -0.2) is 9.59 Å². The van der Waals surface area contributed by atoms with Gasteiger partial charge in [-0.15, -0.1) is 0 Å². The van der Waals surface area contributed by atoms with E-state index in [-0.39, 0.29) is 5.22 Å². The van der Waals surface area contributed by atoms with Crippen LogP contribution in [0.4, 0.5) is 4.79 Å². The second-order valence-electron chi connectivity index (χ2n) is 8.22. The Balaban J connectivity index is 2.50. The average Bonchev–Trinajstić information content (AvgIpc) is 3.19. The molecular weight excluding hydrogens is 452 g/mol. The summed E-state index contributed by atoms with van der Waals surface area (Å²) in [7, 11) is 0. The molecule has 5 N–H and O–H groups in total. The number of hydrogen-bond acceptors (Lipinski definition) is 6. The number of carboxylic acid groups (broad SMARTS) is 2. The Morgan fingerprint density at radius 3 is 2.06 bits per heavy atom. The Labute approximate surface area is 200 Å². The maximum atomic E-state index is 12.3. The van der Waals surface area contributed by atoms with Crippen molar-refractivity contribution in [1.82, 2.24) is 5.32 Å². The van der Waals surface area contributed by atoms with Gasteiger partial charge in [-0.05, 0) is 36.6 Å². The number of alkyl carbamates (subject to hydrolysis) is 1. The van der Waals surface area contributed by atoms with Crippen LogP contribution in [0.2, 0.25) is 5.22 Å². The van der Waals surface area contributed by atoms with Crippen molar-refractivity contribution < 1.29 is 33.8 Å². The molecule has 0 aromatic carbocycles. The van der Waals surface area contributed by atoms with Gasteiger partial charge in [-0.3, -0.25) is 4.79 Å². The first-order chi connectivity index (χ1) is 15.7. The number of halogens is 1. The molecule has 0 fully saturated rings. The van der Waals surface area contributed by atoms with Crippen molar-refractivity contribution in [2.24, 2.45) is 5.73 Å². The Kier molecular flexibility index (Phi) is 14.3. The molecule has 33 heavy (non-hydrogen) atoms. The molecule has 0 saturated carbocycles. The van der Waals surface area contributed by atoms with Crippen LogP contribution in [0.5, 0.6) is 0 Å². The number of aliphatic carboxylic acids is 2. The molecule has 0 radical (unpaired) electrons. The lowest BCUT2D eigenvalue weighted by Crippen LogP contribution is -2.46. The largest absolute Gasteiger partial charge is 0.480 e. The number of unbranched alkanes of at least 4 members (excludes halogenated alkanes) is 9. The standard InChI is InChI=1S/C23H37ClN2O7/c1-2-3-4-5-6-7-8-9-10-11-12-18(19-13-14-20(24)32-19)33-23(31)26-17(22(29)30)15-16(25)21(27)28/h13-14,16-18H,2-12,15,25H2,1H3,(H,26,31)(H,27,28)(H,29,30)/t16-,17?,18?/m0/s1. The Morgan fingerprint density at radius 1 is 1.00 bits per heavy atom. The van der Waals surface area contributed by atoms with E-state index in [1.807, 2.05) is 0 Å². The van der Waals surface area contributed by atoms with Crippen molar-refractivity contribution in [3.05, 3.63) is 23.1 Å². The predicted octanol–water partition coefficient (Wildman–Crippen LogP) is 5.27. The van der Waals surface area contributed by atoms with Crippen LogP contribution in [0, 0.1) is 0 Å². The SMILES string of the molecule is CCCCCCCCCCCCC(OC(=O)NC(C[C@H](N)C(=O)O)C(=O)O)c1ccc(Cl)o1. The van der Waals surface area contributed by atoms with Gasteiger partial charge in [0.05, 0.1) is 0 Å². The van der Waals surface area contributed by atoms with Crippen LogP contribution in [0.25, 0.3) is 0 Å². The van der Waals surface area contributed by atoms with Gasteiger partial charge in [0.25, 0.3) is 0 Å². The van der Waals surface area contributed by atoms with E-state index in [1.54, 1.807) is 6.07 Å². The summed E-state index contributed by atoms with van der Waals surface area (Å²) in [5.74, 6) is -2.41. The first-order valence-corrected chi connectivity index (χ1v) is 12.1. The lowest BCUT2D eigenvalue weighted by molar-refractivity contribution is -0.141. The fourth-order valence-corrected chi connectivity index (χ4v) is 3.61. The van der Waals surface area contributed by atoms with Crippen molar-refractivity contribution in [3.8, 4) is 0 Å². The van der Waals surface area contributed by atoms with Crippen molar-refractivity contribution in [2.75, 3.05) is 0 Å². The summed E-state index contributed by atoms with van der Waals surface area (Å²) in [6.07, 6.45) is 9.88. The molecule has 9 nitrogen and oxygen atoms in total. The summed E-state index contributed by atoms with van der Waals surface area (Å²) >= 11 is 5.85. The minimum Gasteiger partial charge on any atom is -0.480 e. The summed E-state index contributed by atoms with van der Waals surface area (Å²) in [5, 5.41) is 20.5. The zero-order valence-electron chi connectivity index (χ0n) is 19.3. The zero-order chi connectivity index (χ0) is 24.6. The molecule has 1 aromatic heterocycles. The first kappa shape index (κ1) is 28.8. The fourth-order valence-electron chi connectivity index (χ4n) is 3.46. The van der Waals surface area contributed by atoms with Gasteiger partial charge in [0.2, 0.25) is 0 Å². The van der Waals surface area contributed by atoms with Crippen molar-refractivity contribution in [3.63, 3.8) is 0 Å². The van der Waals surface area contributed by atoms with Gasteiger partial charge >= 0.3 is 18.0 Å². The van der Waals surface area contributed by atoms with Gasteiger partial charge in [-0.1, -0.05) is 64.7 Å². The smallest absolute Gasteiger partial charge is 0.408 e. The van der Waals surface area contributed by atoms with Gasteiger partial charge in [0.1, 0.15) is 17.8 Å². The third-order valence-corrected chi connectivity index (χ3v) is 5.58. The number of nitrogens with one attached hydrogen (secondary N) is 1. The van der Waals surface area contributed by atoms with Crippen LogP contribution < -0.4 is 11.1 Å². The molecule has 3 atom stereocenters. The summed E-state index contributed by atoms with van der Waals surface area (Å²) in [6, 6.07) is 0.209. The topological polar surface area (TPSA) is 152 Å². The number of ether oxygens (including phenoxy) is 1. The predicted molar refractivity (Wildman–Crippen MR) is 124 cm³/mol. The zero-order valence-corrected chi connectivity index (χ0v) is 20.0. The Bertz CT molecular complexity index is 725. The maximum absolute atomic E-state index is 12.3. The number of amides is 1. The van der Waals surface area contributed by atoms with Crippen molar-refractivity contribution >= 4 is 29.6 Å². The van der Waals surface area contributed by atoms with E-state index in [1.165, 1.54) is 44.6 Å². The molecule has 188 valence electrons. The number of nitrogens with two attached hydrogens (primary N) is 1. The lowest BCUT2D eigenvalue weighted by atomic mass is 10.0. The summed E-state index contributed by atoms with van der Waals surface area (Å²) in [4.78, 5) is 34.6. The highest BCUT2D eigenvalue weighted by molar-refractivity contribution is 6.28. The highest BCUT2D eigenvalue weighted by Gasteiger charge is 2.28. The maximum Gasteiger partial charge on any atom is 0.408 e. The molecule has 0 bridgehead atoms. The van der Waals surface area contributed by atoms with Crippen LogP contribution in [-0.2, 0) is 14.3 Å². The quantitative estimate of drug-likeness (QED) is 0.204. The summed E-state index contributed by atoms with van der Waals surface area (Å²) in [6.45, 7) is 2.21. The number of carboxylic acids is 2. The van der Waals surface area contributed by atoms with E-state index in [9.17, 15) is 19.5 Å². The molecule has 10 heteroatoms. The van der Waals surface area contributed by atoms with Crippen molar-refractivity contribution in [2.45, 2.75) is 102 Å². The molecule has 1 rings (SSSR count). The number of rotatable bonds is 18. The lowest BCUT2D eigenvalue weighted by Gasteiger charge is -2.20. The molecule has 2 unspecified atom stereocenters. The Hall–Kier alpha value is -2.26. The fraction of sp³-hybridized carbons (Fsp3) is 0.696. The first-order valence-electron chi connectivity index (χ1n) is 11.7. The Morgan fingerprint density at radius 2 is 1.58 bits per heavy atom. The molecule has 0 saturated heterocycles. The van der Waals surface area contributed by atoms with E-state index in [0.29, 0.717) is 12.2 Å². The number of furan rings is 1. The van der Waals surface area contributed by atoms with Crippen LogP contribution in [0.3, 0.4) is 0 Å². The van der Waals surface area contributed by atoms with E-state index in [4.69, 9.17) is 31.6 Å². The van der Waals surface area contributed by atoms with Crippen LogP contribution >= 0.6 is 11.6 Å². The number of hydrogen-bond donors (Lipinski definition) is 4. The summed E-state index contributed by atoms with van der Waals surface area (Å²) in [5.41, 5.74) is 5.39. The molecule has 1 aromatic rings. The van der Waals surface area contributed by atoms with Gasteiger partial charge in [0, 0.05) is 6.42 Å². The molecule has 0 spiro atoms. The van der Waals surface area contributed by atoms with E-state index >= 15 is 0 Å². The third-order valence-electron chi connectivity index (χ3n) is 5.38. The minimum absolute atomic E-state index is 0.151. The molecule has 1 amide bonds. The van der Waals surface area contributed by atoms with E-state index in [2.05, 4.69) is 12.2 Å².